The second kappa shape index (κ2) is 8.60. The second-order valence-electron chi connectivity index (χ2n) is 7.38. The Kier molecular flexibility index (Phi) is 6.78. The molecule has 1 aliphatic rings. The van der Waals surface area contributed by atoms with E-state index in [0.29, 0.717) is 18.5 Å². The van der Waals surface area contributed by atoms with Gasteiger partial charge >= 0.3 is 0 Å². The Morgan fingerprint density at radius 3 is 2.46 bits per heavy atom. The molecular formula is C19H30N2O3. The van der Waals surface area contributed by atoms with Crippen LogP contribution in [0.5, 0.6) is 0 Å². The van der Waals surface area contributed by atoms with Crippen molar-refractivity contribution in [2.75, 3.05) is 26.2 Å². The van der Waals surface area contributed by atoms with Crippen LogP contribution in [0.15, 0.2) is 24.3 Å². The highest BCUT2D eigenvalue weighted by Gasteiger charge is 2.17. The molecule has 0 saturated carbocycles. The van der Waals surface area contributed by atoms with Gasteiger partial charge in [-0.25, -0.2) is 0 Å². The van der Waals surface area contributed by atoms with Gasteiger partial charge < -0.3 is 20.4 Å². The Hall–Kier alpha value is -1.43. The molecule has 5 nitrogen and oxygen atoms in total. The van der Waals surface area contributed by atoms with Gasteiger partial charge in [-0.05, 0) is 70.3 Å². The maximum Gasteiger partial charge on any atom is 0.251 e. The first-order valence-electron chi connectivity index (χ1n) is 8.83. The van der Waals surface area contributed by atoms with Gasteiger partial charge in [0.25, 0.3) is 5.91 Å². The third-order valence-corrected chi connectivity index (χ3v) is 4.41. The van der Waals surface area contributed by atoms with E-state index < -0.39 is 11.7 Å². The third kappa shape index (κ3) is 6.59. The zero-order valence-corrected chi connectivity index (χ0v) is 14.8. The number of nitrogens with one attached hydrogen (secondary N) is 1. The fraction of sp³-hybridized carbons (Fsp3) is 0.632. The molecule has 0 bridgehead atoms. The number of hydrogen-bond donors (Lipinski definition) is 3. The highest BCUT2D eigenvalue weighted by atomic mass is 16.3. The van der Waals surface area contributed by atoms with Crippen LogP contribution >= 0.6 is 0 Å². The summed E-state index contributed by atoms with van der Waals surface area (Å²) in [5.74, 6) is -0.162. The van der Waals surface area contributed by atoms with Gasteiger partial charge in [-0.2, -0.15) is 0 Å². The summed E-state index contributed by atoms with van der Waals surface area (Å²) in [5, 5.41) is 22.6. The van der Waals surface area contributed by atoms with Crippen molar-refractivity contribution in [3.63, 3.8) is 0 Å². The quantitative estimate of drug-likeness (QED) is 0.675. The normalized spacial score (nSPS) is 17.0. The van der Waals surface area contributed by atoms with Crippen molar-refractivity contribution in [3.05, 3.63) is 35.4 Å². The van der Waals surface area contributed by atoms with Crippen LogP contribution in [0.25, 0.3) is 0 Å². The number of hydrogen-bond acceptors (Lipinski definition) is 4. The Morgan fingerprint density at radius 1 is 1.25 bits per heavy atom. The molecule has 24 heavy (non-hydrogen) atoms. The van der Waals surface area contributed by atoms with E-state index in [4.69, 9.17) is 0 Å². The van der Waals surface area contributed by atoms with E-state index in [1.54, 1.807) is 26.0 Å². The summed E-state index contributed by atoms with van der Waals surface area (Å²) in [6, 6.07) is 7.42. The first-order valence-corrected chi connectivity index (χ1v) is 8.83. The largest absolute Gasteiger partial charge is 0.390 e. The molecule has 1 heterocycles. The number of carbonyl (C=O) groups is 1. The van der Waals surface area contributed by atoms with Gasteiger partial charge in [0, 0.05) is 18.7 Å². The summed E-state index contributed by atoms with van der Waals surface area (Å²) >= 11 is 0. The minimum Gasteiger partial charge on any atom is -0.390 e. The molecule has 0 aliphatic carbocycles. The van der Waals surface area contributed by atoms with Crippen molar-refractivity contribution in [2.45, 2.75) is 51.2 Å². The highest BCUT2D eigenvalue weighted by Crippen LogP contribution is 2.14. The molecule has 1 aliphatic heterocycles. The Morgan fingerprint density at radius 2 is 1.88 bits per heavy atom. The number of rotatable bonds is 8. The van der Waals surface area contributed by atoms with Crippen LogP contribution in [0.1, 0.15) is 49.0 Å². The lowest BCUT2D eigenvalue weighted by molar-refractivity contribution is 0.0713. The molecule has 0 unspecified atom stereocenters. The highest BCUT2D eigenvalue weighted by molar-refractivity contribution is 5.94. The second-order valence-corrected chi connectivity index (χ2v) is 7.38. The number of aryl methyl sites for hydroxylation is 1. The number of amides is 1. The molecule has 1 atom stereocenters. The molecule has 134 valence electrons. The van der Waals surface area contributed by atoms with E-state index in [0.717, 1.165) is 25.1 Å². The standard InChI is InChI=1S/C19H30N2O3/c1-19(2,24)10-9-15-5-7-16(8-6-15)18(23)20-13-17(22)14-21-11-3-4-12-21/h5-8,17,22,24H,3-4,9-14H2,1-2H3,(H,20,23)/t17-/m0/s1. The molecule has 3 N–H and O–H groups in total. The average Bonchev–Trinajstić information content (AvgIpc) is 3.03. The third-order valence-electron chi connectivity index (χ3n) is 4.41. The van der Waals surface area contributed by atoms with Gasteiger partial charge in [0.05, 0.1) is 11.7 Å². The first-order chi connectivity index (χ1) is 11.3. The summed E-state index contributed by atoms with van der Waals surface area (Å²) in [6.07, 6.45) is 3.32. The maximum absolute atomic E-state index is 12.1. The average molecular weight is 334 g/mol. The first kappa shape index (κ1) is 18.9. The fourth-order valence-electron chi connectivity index (χ4n) is 2.91. The van der Waals surface area contributed by atoms with E-state index >= 15 is 0 Å². The number of aliphatic hydroxyl groups is 2. The Bertz CT molecular complexity index is 516. The number of benzene rings is 1. The molecule has 1 saturated heterocycles. The van der Waals surface area contributed by atoms with E-state index in [1.807, 2.05) is 12.1 Å². The maximum atomic E-state index is 12.1. The molecular weight excluding hydrogens is 304 g/mol. The minimum atomic E-state index is -0.679. The van der Waals surface area contributed by atoms with Crippen LogP contribution in [0.2, 0.25) is 0 Å². The number of nitrogens with zero attached hydrogens (tertiary/aromatic N) is 1. The minimum absolute atomic E-state index is 0.162. The van der Waals surface area contributed by atoms with E-state index in [9.17, 15) is 15.0 Å². The lowest BCUT2D eigenvalue weighted by atomic mass is 9.98. The topological polar surface area (TPSA) is 72.8 Å². The molecule has 1 aromatic rings. The van der Waals surface area contributed by atoms with E-state index in [1.165, 1.54) is 12.8 Å². The van der Waals surface area contributed by atoms with Gasteiger partial charge in [0.1, 0.15) is 0 Å². The number of β-amino-alcohol motifs (C(OH)–C–C–N with tert-alkyl or cyclic N) is 1. The van der Waals surface area contributed by atoms with Crippen molar-refractivity contribution < 1.29 is 15.0 Å². The van der Waals surface area contributed by atoms with Crippen molar-refractivity contribution in [2.24, 2.45) is 0 Å². The summed E-state index contributed by atoms with van der Waals surface area (Å²) in [5.41, 5.74) is 1.01. The predicted octanol–water partition coefficient (Wildman–Crippen LogP) is 1.58. The Labute approximate surface area is 144 Å². The molecule has 0 aromatic heterocycles. The van der Waals surface area contributed by atoms with E-state index in [2.05, 4.69) is 10.2 Å². The van der Waals surface area contributed by atoms with Crippen LogP contribution in [0, 0.1) is 0 Å². The van der Waals surface area contributed by atoms with Crippen LogP contribution in [-0.2, 0) is 6.42 Å². The summed E-state index contributed by atoms with van der Waals surface area (Å²) in [7, 11) is 0. The summed E-state index contributed by atoms with van der Waals surface area (Å²) in [6.45, 7) is 6.56. The summed E-state index contributed by atoms with van der Waals surface area (Å²) < 4.78 is 0. The van der Waals surface area contributed by atoms with Gasteiger partial charge in [-0.3, -0.25) is 4.79 Å². The number of carbonyl (C=O) groups excluding carboxylic acids is 1. The van der Waals surface area contributed by atoms with Gasteiger partial charge in [-0.15, -0.1) is 0 Å². The van der Waals surface area contributed by atoms with Crippen LogP contribution in [-0.4, -0.2) is 58.9 Å². The molecule has 1 aromatic carbocycles. The van der Waals surface area contributed by atoms with Crippen LogP contribution in [0.3, 0.4) is 0 Å². The predicted molar refractivity (Wildman–Crippen MR) is 95.1 cm³/mol. The molecule has 0 radical (unpaired) electrons. The summed E-state index contributed by atoms with van der Waals surface area (Å²) in [4.78, 5) is 14.4. The van der Waals surface area contributed by atoms with Crippen LogP contribution in [0.4, 0.5) is 0 Å². The zero-order chi connectivity index (χ0) is 17.6. The van der Waals surface area contributed by atoms with Crippen LogP contribution < -0.4 is 5.32 Å². The number of aliphatic hydroxyl groups excluding tert-OH is 1. The van der Waals surface area contributed by atoms with E-state index in [-0.39, 0.29) is 12.5 Å². The zero-order valence-electron chi connectivity index (χ0n) is 14.8. The smallest absolute Gasteiger partial charge is 0.251 e. The van der Waals surface area contributed by atoms with Crippen molar-refractivity contribution in [1.29, 1.82) is 0 Å². The lowest BCUT2D eigenvalue weighted by Gasteiger charge is -2.19. The fourth-order valence-corrected chi connectivity index (χ4v) is 2.91. The Balaban J connectivity index is 1.75. The molecule has 0 spiro atoms. The van der Waals surface area contributed by atoms with Gasteiger partial charge in [0.15, 0.2) is 0 Å². The molecule has 5 heteroatoms. The van der Waals surface area contributed by atoms with Crippen molar-refractivity contribution >= 4 is 5.91 Å². The van der Waals surface area contributed by atoms with Crippen molar-refractivity contribution in [1.82, 2.24) is 10.2 Å². The molecule has 1 amide bonds. The van der Waals surface area contributed by atoms with Crippen molar-refractivity contribution in [3.8, 4) is 0 Å². The van der Waals surface area contributed by atoms with Gasteiger partial charge in [0.2, 0.25) is 0 Å². The molecule has 2 rings (SSSR count). The number of likely N-dealkylation sites (tertiary alicyclic amines) is 1. The SMILES string of the molecule is CC(C)(O)CCc1ccc(C(=O)NC[C@H](O)CN2CCCC2)cc1. The van der Waals surface area contributed by atoms with Gasteiger partial charge in [-0.1, -0.05) is 12.1 Å². The lowest BCUT2D eigenvalue weighted by Crippen LogP contribution is -2.39. The monoisotopic (exact) mass is 334 g/mol. The molecule has 1 fully saturated rings.